The average molecular weight is 163 g/mol. The minimum Gasteiger partial charge on any atom is -0.384 e. The fraction of sp³-hybridized carbons (Fsp3) is 0.375. The smallest absolute Gasteiger partial charge is 0.119 e. The molecule has 4 heteroatoms. The molecule has 0 aliphatic carbocycles. The number of aromatic amines is 1. The van der Waals surface area contributed by atoms with Gasteiger partial charge in [-0.25, -0.2) is 0 Å². The molecule has 1 aliphatic heterocycles. The van der Waals surface area contributed by atoms with E-state index in [2.05, 4.69) is 11.1 Å². The van der Waals surface area contributed by atoms with Gasteiger partial charge in [-0.2, -0.15) is 5.26 Å². The summed E-state index contributed by atoms with van der Waals surface area (Å²) < 4.78 is 5.21. The lowest BCUT2D eigenvalue weighted by molar-refractivity contribution is 0.108. The van der Waals surface area contributed by atoms with E-state index in [4.69, 9.17) is 15.7 Å². The highest BCUT2D eigenvalue weighted by atomic mass is 16.5. The van der Waals surface area contributed by atoms with Gasteiger partial charge in [0.25, 0.3) is 0 Å². The molecule has 0 saturated heterocycles. The van der Waals surface area contributed by atoms with E-state index < -0.39 is 0 Å². The molecule has 0 atom stereocenters. The van der Waals surface area contributed by atoms with E-state index in [1.54, 1.807) is 0 Å². The second-order valence-electron chi connectivity index (χ2n) is 2.79. The molecule has 1 aromatic rings. The lowest BCUT2D eigenvalue weighted by Crippen LogP contribution is -2.08. The minimum atomic E-state index is 0.466. The van der Waals surface area contributed by atoms with Crippen LogP contribution in [0.2, 0.25) is 0 Å². The monoisotopic (exact) mass is 163 g/mol. The van der Waals surface area contributed by atoms with Crippen LogP contribution in [0, 0.1) is 11.3 Å². The van der Waals surface area contributed by atoms with E-state index >= 15 is 0 Å². The molecule has 4 nitrogen and oxygen atoms in total. The maximum Gasteiger partial charge on any atom is 0.119 e. The third kappa shape index (κ3) is 0.874. The summed E-state index contributed by atoms with van der Waals surface area (Å²) in [5.41, 5.74) is 8.17. The fourth-order valence-corrected chi connectivity index (χ4v) is 1.49. The van der Waals surface area contributed by atoms with E-state index in [0.717, 1.165) is 17.7 Å². The summed E-state index contributed by atoms with van der Waals surface area (Å²) in [6.45, 7) is 1.22. The Morgan fingerprint density at radius 2 is 2.42 bits per heavy atom. The summed E-state index contributed by atoms with van der Waals surface area (Å²) in [6.07, 6.45) is 0.784. The van der Waals surface area contributed by atoms with Crippen molar-refractivity contribution in [3.8, 4) is 6.07 Å². The number of nitrogens with two attached hydrogens (primary N) is 1. The standard InChI is InChI=1S/C8H9N3O/c9-3-6-5-1-2-12-4-7(5)11-8(6)10/h11H,1-2,4,10H2. The van der Waals surface area contributed by atoms with Crippen LogP contribution >= 0.6 is 0 Å². The number of hydrogen-bond donors (Lipinski definition) is 2. The third-order valence-electron chi connectivity index (χ3n) is 2.08. The minimum absolute atomic E-state index is 0.466. The lowest BCUT2D eigenvalue weighted by atomic mass is 10.1. The second-order valence-corrected chi connectivity index (χ2v) is 2.79. The Hall–Kier alpha value is -1.47. The Morgan fingerprint density at radius 3 is 3.17 bits per heavy atom. The summed E-state index contributed by atoms with van der Waals surface area (Å²) in [6, 6.07) is 2.09. The van der Waals surface area contributed by atoms with Crippen molar-refractivity contribution in [3.05, 3.63) is 16.8 Å². The van der Waals surface area contributed by atoms with E-state index in [0.29, 0.717) is 24.6 Å². The van der Waals surface area contributed by atoms with Gasteiger partial charge in [0.1, 0.15) is 11.9 Å². The number of nitriles is 1. The van der Waals surface area contributed by atoms with Gasteiger partial charge in [0.2, 0.25) is 0 Å². The predicted octanol–water partition coefficient (Wildman–Crippen LogP) is 0.541. The molecule has 12 heavy (non-hydrogen) atoms. The van der Waals surface area contributed by atoms with Crippen LogP contribution < -0.4 is 5.73 Å². The highest BCUT2D eigenvalue weighted by Gasteiger charge is 2.18. The summed E-state index contributed by atoms with van der Waals surface area (Å²) >= 11 is 0. The largest absolute Gasteiger partial charge is 0.384 e. The molecule has 1 aromatic heterocycles. The molecule has 0 fully saturated rings. The molecule has 62 valence electrons. The third-order valence-corrected chi connectivity index (χ3v) is 2.08. The molecule has 0 radical (unpaired) electrons. The van der Waals surface area contributed by atoms with Crippen LogP contribution in [-0.2, 0) is 17.8 Å². The SMILES string of the molecule is N#Cc1c(N)[nH]c2c1CCOC2. The number of anilines is 1. The van der Waals surface area contributed by atoms with Crippen LogP contribution in [0.3, 0.4) is 0 Å². The maximum atomic E-state index is 8.77. The zero-order valence-corrected chi connectivity index (χ0v) is 6.55. The predicted molar refractivity (Wildman–Crippen MR) is 43.3 cm³/mol. The first-order valence-corrected chi connectivity index (χ1v) is 3.80. The number of rotatable bonds is 0. The van der Waals surface area contributed by atoms with Crippen LogP contribution in [0.15, 0.2) is 0 Å². The lowest BCUT2D eigenvalue weighted by Gasteiger charge is -2.11. The Balaban J connectivity index is 2.56. The molecule has 3 N–H and O–H groups in total. The molecule has 0 saturated carbocycles. The number of fused-ring (bicyclic) bond motifs is 1. The van der Waals surface area contributed by atoms with Crippen LogP contribution in [0.1, 0.15) is 16.8 Å². The molecule has 2 rings (SSSR count). The number of nitrogens with one attached hydrogen (secondary N) is 1. The van der Waals surface area contributed by atoms with Crippen molar-refractivity contribution in [2.45, 2.75) is 13.0 Å². The van der Waals surface area contributed by atoms with Gasteiger partial charge >= 0.3 is 0 Å². The number of nitrogens with zero attached hydrogens (tertiary/aromatic N) is 1. The van der Waals surface area contributed by atoms with E-state index in [1.165, 1.54) is 0 Å². The summed E-state index contributed by atoms with van der Waals surface area (Å²) in [5.74, 6) is 0.466. The summed E-state index contributed by atoms with van der Waals surface area (Å²) in [7, 11) is 0. The van der Waals surface area contributed by atoms with Crippen molar-refractivity contribution in [2.24, 2.45) is 0 Å². The number of nitrogen functional groups attached to an aromatic ring is 1. The van der Waals surface area contributed by atoms with E-state index in [9.17, 15) is 0 Å². The van der Waals surface area contributed by atoms with Gasteiger partial charge in [0.05, 0.1) is 18.8 Å². The number of ether oxygens (including phenoxy) is 1. The van der Waals surface area contributed by atoms with Gasteiger partial charge < -0.3 is 15.5 Å². The first-order chi connectivity index (χ1) is 5.83. The average Bonchev–Trinajstić information content (AvgIpc) is 2.40. The van der Waals surface area contributed by atoms with E-state index in [-0.39, 0.29) is 0 Å². The summed E-state index contributed by atoms with van der Waals surface area (Å²) in [4.78, 5) is 2.95. The van der Waals surface area contributed by atoms with Gasteiger partial charge in [-0.3, -0.25) is 0 Å². The molecule has 0 bridgehead atoms. The molecule has 0 spiro atoms. The van der Waals surface area contributed by atoms with Crippen molar-refractivity contribution >= 4 is 5.82 Å². The first kappa shape index (κ1) is 7.19. The number of aromatic nitrogens is 1. The Kier molecular flexibility index (Phi) is 1.52. The van der Waals surface area contributed by atoms with Crippen LogP contribution in [0.4, 0.5) is 5.82 Å². The van der Waals surface area contributed by atoms with Crippen LogP contribution in [-0.4, -0.2) is 11.6 Å². The number of H-pyrrole nitrogens is 1. The van der Waals surface area contributed by atoms with Crippen molar-refractivity contribution in [3.63, 3.8) is 0 Å². The molecule has 0 amide bonds. The maximum absolute atomic E-state index is 8.77. The molecule has 0 aromatic carbocycles. The normalized spacial score (nSPS) is 15.2. The Bertz CT molecular complexity index is 348. The van der Waals surface area contributed by atoms with Gasteiger partial charge in [0, 0.05) is 5.69 Å². The zero-order valence-electron chi connectivity index (χ0n) is 6.55. The topological polar surface area (TPSA) is 74.8 Å². The van der Waals surface area contributed by atoms with Gasteiger partial charge in [0.15, 0.2) is 0 Å². The Morgan fingerprint density at radius 1 is 1.58 bits per heavy atom. The molecular formula is C8H9N3O. The Labute approximate surface area is 69.9 Å². The van der Waals surface area contributed by atoms with Gasteiger partial charge in [-0.15, -0.1) is 0 Å². The quantitative estimate of drug-likeness (QED) is 0.586. The zero-order chi connectivity index (χ0) is 8.55. The highest BCUT2D eigenvalue weighted by Crippen LogP contribution is 2.24. The molecule has 2 heterocycles. The van der Waals surface area contributed by atoms with Gasteiger partial charge in [-0.1, -0.05) is 0 Å². The summed E-state index contributed by atoms with van der Waals surface area (Å²) in [5, 5.41) is 8.77. The molecule has 1 aliphatic rings. The van der Waals surface area contributed by atoms with Crippen LogP contribution in [0.5, 0.6) is 0 Å². The van der Waals surface area contributed by atoms with Crippen molar-refractivity contribution in [1.82, 2.24) is 4.98 Å². The number of hydrogen-bond acceptors (Lipinski definition) is 3. The van der Waals surface area contributed by atoms with Gasteiger partial charge in [-0.05, 0) is 12.0 Å². The van der Waals surface area contributed by atoms with E-state index in [1.807, 2.05) is 0 Å². The fourth-order valence-electron chi connectivity index (χ4n) is 1.49. The van der Waals surface area contributed by atoms with Crippen LogP contribution in [0.25, 0.3) is 0 Å². The van der Waals surface area contributed by atoms with Crippen molar-refractivity contribution in [2.75, 3.05) is 12.3 Å². The molecular weight excluding hydrogens is 154 g/mol. The second kappa shape index (κ2) is 2.54. The highest BCUT2D eigenvalue weighted by molar-refractivity contribution is 5.57. The van der Waals surface area contributed by atoms with Crippen molar-refractivity contribution in [1.29, 1.82) is 5.26 Å². The first-order valence-electron chi connectivity index (χ1n) is 3.80. The van der Waals surface area contributed by atoms with Crippen molar-refractivity contribution < 1.29 is 4.74 Å². The molecule has 0 unspecified atom stereocenters.